The van der Waals surface area contributed by atoms with Crippen molar-refractivity contribution in [1.29, 1.82) is 0 Å². The molecule has 0 aliphatic carbocycles. The van der Waals surface area contributed by atoms with Gasteiger partial charge in [-0.1, -0.05) is 30.0 Å². The number of thioether (sulfide) groups is 1. The molecule has 2 rings (SSSR count). The minimum Gasteiger partial charge on any atom is -0.492 e. The summed E-state index contributed by atoms with van der Waals surface area (Å²) in [6, 6.07) is 7.97. The van der Waals surface area contributed by atoms with Gasteiger partial charge in [-0.25, -0.2) is 9.97 Å². The summed E-state index contributed by atoms with van der Waals surface area (Å²) < 4.78 is 5.69. The van der Waals surface area contributed by atoms with E-state index in [-0.39, 0.29) is 0 Å². The van der Waals surface area contributed by atoms with Gasteiger partial charge >= 0.3 is 0 Å². The van der Waals surface area contributed by atoms with Gasteiger partial charge in [0.1, 0.15) is 10.8 Å². The molecule has 18 heavy (non-hydrogen) atoms. The lowest BCUT2D eigenvalue weighted by Gasteiger charge is -2.08. The van der Waals surface area contributed by atoms with Crippen molar-refractivity contribution in [3.63, 3.8) is 0 Å². The van der Waals surface area contributed by atoms with Crippen molar-refractivity contribution >= 4 is 17.6 Å². The topological polar surface area (TPSA) is 61.0 Å². The summed E-state index contributed by atoms with van der Waals surface area (Å²) in [7, 11) is 0. The van der Waals surface area contributed by atoms with Gasteiger partial charge in [0.05, 0.1) is 6.61 Å². The molecule has 0 spiro atoms. The highest BCUT2D eigenvalue weighted by molar-refractivity contribution is 7.99. The lowest BCUT2D eigenvalue weighted by molar-refractivity contribution is 0.341. The number of aromatic nitrogens is 2. The van der Waals surface area contributed by atoms with E-state index in [1.165, 1.54) is 0 Å². The first-order valence-electron chi connectivity index (χ1n) is 5.65. The predicted octanol–water partition coefficient (Wildman–Crippen LogP) is 2.54. The average molecular weight is 261 g/mol. The molecule has 94 valence electrons. The number of benzene rings is 1. The Bertz CT molecular complexity index is 472. The monoisotopic (exact) mass is 261 g/mol. The van der Waals surface area contributed by atoms with Crippen molar-refractivity contribution < 1.29 is 4.74 Å². The Morgan fingerprint density at radius 2 is 2.00 bits per heavy atom. The molecular weight excluding hydrogens is 246 g/mol. The van der Waals surface area contributed by atoms with E-state index < -0.39 is 0 Å². The summed E-state index contributed by atoms with van der Waals surface area (Å²) in [5, 5.41) is 0.755. The summed E-state index contributed by atoms with van der Waals surface area (Å²) in [6.07, 6.45) is 3.23. The van der Waals surface area contributed by atoms with E-state index in [1.807, 2.05) is 31.2 Å². The van der Waals surface area contributed by atoms with Crippen LogP contribution in [0.1, 0.15) is 5.56 Å². The van der Waals surface area contributed by atoms with Crippen molar-refractivity contribution in [3.8, 4) is 5.75 Å². The first kappa shape index (κ1) is 12.7. The van der Waals surface area contributed by atoms with Gasteiger partial charge in [-0.05, 0) is 18.6 Å². The maximum Gasteiger partial charge on any atom is 0.156 e. The molecule has 1 aromatic carbocycles. The summed E-state index contributed by atoms with van der Waals surface area (Å²) >= 11 is 1.55. The van der Waals surface area contributed by atoms with Crippen molar-refractivity contribution in [3.05, 3.63) is 42.2 Å². The van der Waals surface area contributed by atoms with Crippen molar-refractivity contribution in [2.45, 2.75) is 11.9 Å². The van der Waals surface area contributed by atoms with Crippen LogP contribution in [0.4, 0.5) is 5.82 Å². The molecule has 0 aliphatic heterocycles. The van der Waals surface area contributed by atoms with Gasteiger partial charge in [0.15, 0.2) is 5.82 Å². The highest BCUT2D eigenvalue weighted by atomic mass is 32.2. The predicted molar refractivity (Wildman–Crippen MR) is 73.8 cm³/mol. The largest absolute Gasteiger partial charge is 0.492 e. The van der Waals surface area contributed by atoms with Crippen molar-refractivity contribution in [1.82, 2.24) is 9.97 Å². The maximum absolute atomic E-state index is 5.70. The van der Waals surface area contributed by atoms with E-state index in [9.17, 15) is 0 Å². The third-order valence-electron chi connectivity index (χ3n) is 2.36. The summed E-state index contributed by atoms with van der Waals surface area (Å²) in [6.45, 7) is 2.65. The number of rotatable bonds is 5. The van der Waals surface area contributed by atoms with Crippen LogP contribution < -0.4 is 10.5 Å². The molecular formula is C13H15N3OS. The second kappa shape index (κ2) is 6.26. The van der Waals surface area contributed by atoms with Crippen LogP contribution in [-0.2, 0) is 0 Å². The van der Waals surface area contributed by atoms with Gasteiger partial charge in [-0.3, -0.25) is 0 Å². The molecule has 0 atom stereocenters. The highest BCUT2D eigenvalue weighted by Gasteiger charge is 2.02. The van der Waals surface area contributed by atoms with Gasteiger partial charge in [-0.15, -0.1) is 0 Å². The number of ether oxygens (including phenoxy) is 1. The first-order chi connectivity index (χ1) is 8.77. The third kappa shape index (κ3) is 3.37. The first-order valence-corrected chi connectivity index (χ1v) is 6.63. The van der Waals surface area contributed by atoms with Crippen LogP contribution in [0.5, 0.6) is 5.75 Å². The molecule has 0 saturated heterocycles. The van der Waals surface area contributed by atoms with Gasteiger partial charge < -0.3 is 10.5 Å². The Morgan fingerprint density at radius 3 is 2.78 bits per heavy atom. The molecule has 0 radical (unpaired) electrons. The smallest absolute Gasteiger partial charge is 0.156 e. The zero-order valence-electron chi connectivity index (χ0n) is 10.2. The molecule has 5 heteroatoms. The van der Waals surface area contributed by atoms with Crippen LogP contribution in [0, 0.1) is 6.92 Å². The molecule has 2 N–H and O–H groups in total. The maximum atomic E-state index is 5.70. The standard InChI is InChI=1S/C13H15N3OS/c1-10-4-2-3-5-11(10)17-8-9-18-13-12(14)15-6-7-16-13/h2-7H,8-9H2,1H3,(H2,14,15). The third-order valence-corrected chi connectivity index (χ3v) is 3.32. The molecule has 4 nitrogen and oxygen atoms in total. The van der Waals surface area contributed by atoms with Crippen LogP contribution in [0.25, 0.3) is 0 Å². The molecule has 0 aliphatic rings. The lowest BCUT2D eigenvalue weighted by Crippen LogP contribution is -2.02. The summed E-state index contributed by atoms with van der Waals surface area (Å²) in [5.41, 5.74) is 6.84. The Hall–Kier alpha value is -1.75. The molecule has 0 bridgehead atoms. The molecule has 2 aromatic rings. The number of para-hydroxylation sites is 1. The molecule has 0 amide bonds. The fraction of sp³-hybridized carbons (Fsp3) is 0.231. The molecule has 0 saturated carbocycles. The van der Waals surface area contributed by atoms with Crippen LogP contribution >= 0.6 is 11.8 Å². The normalized spacial score (nSPS) is 10.3. The van der Waals surface area contributed by atoms with Crippen molar-refractivity contribution in [2.75, 3.05) is 18.1 Å². The fourth-order valence-corrected chi connectivity index (χ4v) is 2.15. The van der Waals surface area contributed by atoms with Crippen LogP contribution in [0.15, 0.2) is 41.7 Å². The number of hydrogen-bond donors (Lipinski definition) is 1. The highest BCUT2D eigenvalue weighted by Crippen LogP contribution is 2.20. The van der Waals surface area contributed by atoms with E-state index in [0.717, 1.165) is 22.1 Å². The van der Waals surface area contributed by atoms with Gasteiger partial charge in [0.25, 0.3) is 0 Å². The zero-order valence-corrected chi connectivity index (χ0v) is 11.0. The second-order valence-electron chi connectivity index (χ2n) is 3.71. The number of aryl methyl sites for hydroxylation is 1. The molecule has 0 unspecified atom stereocenters. The summed E-state index contributed by atoms with van der Waals surface area (Å²) in [5.74, 6) is 2.18. The van der Waals surface area contributed by atoms with E-state index >= 15 is 0 Å². The molecule has 1 aromatic heterocycles. The van der Waals surface area contributed by atoms with E-state index in [2.05, 4.69) is 9.97 Å². The minimum atomic E-state index is 0.471. The van der Waals surface area contributed by atoms with E-state index in [0.29, 0.717) is 12.4 Å². The molecule has 0 fully saturated rings. The van der Waals surface area contributed by atoms with E-state index in [1.54, 1.807) is 24.2 Å². The number of nitrogens with zero attached hydrogens (tertiary/aromatic N) is 2. The van der Waals surface area contributed by atoms with Crippen molar-refractivity contribution in [2.24, 2.45) is 0 Å². The van der Waals surface area contributed by atoms with Crippen LogP contribution in [-0.4, -0.2) is 22.3 Å². The Labute approximate surface area is 111 Å². The zero-order chi connectivity index (χ0) is 12.8. The average Bonchev–Trinajstić information content (AvgIpc) is 2.38. The van der Waals surface area contributed by atoms with Crippen LogP contribution in [0.3, 0.4) is 0 Å². The number of nitrogens with two attached hydrogens (primary N) is 1. The Morgan fingerprint density at radius 1 is 1.22 bits per heavy atom. The number of anilines is 1. The number of hydrogen-bond acceptors (Lipinski definition) is 5. The van der Waals surface area contributed by atoms with Gasteiger partial charge in [0, 0.05) is 18.1 Å². The summed E-state index contributed by atoms with van der Waals surface area (Å²) in [4.78, 5) is 8.14. The number of nitrogen functional groups attached to an aromatic ring is 1. The fourth-order valence-electron chi connectivity index (χ4n) is 1.46. The second-order valence-corrected chi connectivity index (χ2v) is 4.79. The lowest BCUT2D eigenvalue weighted by atomic mass is 10.2. The van der Waals surface area contributed by atoms with Crippen LogP contribution in [0.2, 0.25) is 0 Å². The van der Waals surface area contributed by atoms with Gasteiger partial charge in [0.2, 0.25) is 0 Å². The SMILES string of the molecule is Cc1ccccc1OCCSc1nccnc1N. The van der Waals surface area contributed by atoms with Gasteiger partial charge in [-0.2, -0.15) is 0 Å². The Balaban J connectivity index is 1.80. The Kier molecular flexibility index (Phi) is 4.41. The van der Waals surface area contributed by atoms with E-state index in [4.69, 9.17) is 10.5 Å². The molecule has 1 heterocycles. The minimum absolute atomic E-state index is 0.471. The quantitative estimate of drug-likeness (QED) is 0.662.